The van der Waals surface area contributed by atoms with Gasteiger partial charge in [-0.15, -0.1) is 0 Å². The number of ether oxygens (including phenoxy) is 1. The van der Waals surface area contributed by atoms with Gasteiger partial charge in [-0.05, 0) is 42.7 Å². The zero-order valence-corrected chi connectivity index (χ0v) is 15.3. The molecular weight excluding hydrogens is 300 g/mol. The molecule has 0 unspecified atom stereocenters. The molecule has 4 nitrogen and oxygen atoms in total. The molecule has 1 heterocycles. The van der Waals surface area contributed by atoms with E-state index in [4.69, 9.17) is 4.74 Å². The maximum atomic E-state index is 9.76. The number of rotatable bonds is 9. The molecule has 0 aliphatic heterocycles. The van der Waals surface area contributed by atoms with E-state index < -0.39 is 0 Å². The summed E-state index contributed by atoms with van der Waals surface area (Å²) < 4.78 is 7.58. The summed E-state index contributed by atoms with van der Waals surface area (Å²) in [4.78, 5) is 2.33. The van der Waals surface area contributed by atoms with Gasteiger partial charge >= 0.3 is 0 Å². The Labute approximate surface area is 145 Å². The van der Waals surface area contributed by atoms with Gasteiger partial charge in [0.1, 0.15) is 5.75 Å². The SMILES string of the molecule is COc1cccc(Cn2cccc2CN(CC(C)C)C[C@@H](C)O)c1. The first-order valence-electron chi connectivity index (χ1n) is 8.65. The zero-order chi connectivity index (χ0) is 17.5. The Bertz CT molecular complexity index is 610. The number of aliphatic hydroxyl groups is 1. The minimum Gasteiger partial charge on any atom is -0.497 e. The van der Waals surface area contributed by atoms with Crippen molar-refractivity contribution in [2.24, 2.45) is 5.92 Å². The molecule has 0 amide bonds. The van der Waals surface area contributed by atoms with Crippen LogP contribution in [0, 0.1) is 5.92 Å². The monoisotopic (exact) mass is 330 g/mol. The Hall–Kier alpha value is -1.78. The first-order valence-corrected chi connectivity index (χ1v) is 8.65. The smallest absolute Gasteiger partial charge is 0.119 e. The summed E-state index contributed by atoms with van der Waals surface area (Å²) in [6.45, 7) is 9.62. The fourth-order valence-electron chi connectivity index (χ4n) is 3.04. The lowest BCUT2D eigenvalue weighted by Crippen LogP contribution is -2.34. The molecule has 0 fully saturated rings. The summed E-state index contributed by atoms with van der Waals surface area (Å²) in [6, 6.07) is 12.4. The number of nitrogens with zero attached hydrogens (tertiary/aromatic N) is 2. The normalized spacial score (nSPS) is 12.8. The Morgan fingerprint density at radius 1 is 1.12 bits per heavy atom. The molecule has 1 aromatic carbocycles. The minimum absolute atomic E-state index is 0.314. The third kappa shape index (κ3) is 5.69. The van der Waals surface area contributed by atoms with E-state index in [1.54, 1.807) is 7.11 Å². The van der Waals surface area contributed by atoms with E-state index in [1.165, 1.54) is 11.3 Å². The van der Waals surface area contributed by atoms with Gasteiger partial charge < -0.3 is 14.4 Å². The molecule has 2 aromatic rings. The number of aromatic nitrogens is 1. The first kappa shape index (κ1) is 18.6. The van der Waals surface area contributed by atoms with Crippen molar-refractivity contribution in [2.75, 3.05) is 20.2 Å². The lowest BCUT2D eigenvalue weighted by molar-refractivity contribution is 0.113. The second-order valence-electron chi connectivity index (χ2n) is 6.92. The first-order chi connectivity index (χ1) is 11.5. The molecule has 24 heavy (non-hydrogen) atoms. The lowest BCUT2D eigenvalue weighted by atomic mass is 10.2. The van der Waals surface area contributed by atoms with Crippen LogP contribution in [0.5, 0.6) is 5.75 Å². The van der Waals surface area contributed by atoms with Gasteiger partial charge in [-0.25, -0.2) is 0 Å². The standard InChI is InChI=1S/C20H30N2O2/c1-16(2)12-21(13-17(3)23)15-19-8-6-10-22(19)14-18-7-5-9-20(11-18)24-4/h5-11,16-17,23H,12-15H2,1-4H3/t17-/m1/s1. The number of aliphatic hydroxyl groups excluding tert-OH is 1. The quantitative estimate of drug-likeness (QED) is 0.766. The molecule has 0 radical (unpaired) electrons. The molecule has 0 saturated heterocycles. The third-order valence-corrected chi connectivity index (χ3v) is 3.94. The number of benzene rings is 1. The molecule has 0 aliphatic carbocycles. The summed E-state index contributed by atoms with van der Waals surface area (Å²) in [6.07, 6.45) is 1.80. The van der Waals surface area contributed by atoms with Gasteiger partial charge in [0, 0.05) is 38.1 Å². The van der Waals surface area contributed by atoms with Gasteiger partial charge in [0.25, 0.3) is 0 Å². The largest absolute Gasteiger partial charge is 0.497 e. The van der Waals surface area contributed by atoms with E-state index in [9.17, 15) is 5.11 Å². The van der Waals surface area contributed by atoms with Crippen molar-refractivity contribution < 1.29 is 9.84 Å². The molecule has 0 aliphatic rings. The van der Waals surface area contributed by atoms with E-state index in [2.05, 4.69) is 53.8 Å². The highest BCUT2D eigenvalue weighted by atomic mass is 16.5. The van der Waals surface area contributed by atoms with Gasteiger partial charge in [-0.2, -0.15) is 0 Å². The van der Waals surface area contributed by atoms with Crippen molar-refractivity contribution >= 4 is 0 Å². The average molecular weight is 330 g/mol. The summed E-state index contributed by atoms with van der Waals surface area (Å²) in [5.74, 6) is 1.46. The van der Waals surface area contributed by atoms with Crippen molar-refractivity contribution in [3.63, 3.8) is 0 Å². The van der Waals surface area contributed by atoms with Crippen LogP contribution in [0.2, 0.25) is 0 Å². The van der Waals surface area contributed by atoms with Crippen LogP contribution in [-0.4, -0.2) is 40.9 Å². The van der Waals surface area contributed by atoms with E-state index in [0.29, 0.717) is 12.5 Å². The fraction of sp³-hybridized carbons (Fsp3) is 0.500. The van der Waals surface area contributed by atoms with Crippen LogP contribution >= 0.6 is 0 Å². The van der Waals surface area contributed by atoms with Gasteiger partial charge in [0.2, 0.25) is 0 Å². The van der Waals surface area contributed by atoms with Crippen molar-refractivity contribution in [1.82, 2.24) is 9.47 Å². The number of hydrogen-bond donors (Lipinski definition) is 1. The zero-order valence-electron chi connectivity index (χ0n) is 15.3. The van der Waals surface area contributed by atoms with Crippen LogP contribution in [-0.2, 0) is 13.1 Å². The van der Waals surface area contributed by atoms with Crippen LogP contribution < -0.4 is 4.74 Å². The van der Waals surface area contributed by atoms with Crippen molar-refractivity contribution in [2.45, 2.75) is 40.0 Å². The summed E-state index contributed by atoms with van der Waals surface area (Å²) >= 11 is 0. The summed E-state index contributed by atoms with van der Waals surface area (Å²) in [5, 5.41) is 9.76. The molecule has 1 atom stereocenters. The highest BCUT2D eigenvalue weighted by Crippen LogP contribution is 2.16. The van der Waals surface area contributed by atoms with Gasteiger partial charge in [-0.3, -0.25) is 4.90 Å². The maximum Gasteiger partial charge on any atom is 0.119 e. The Balaban J connectivity index is 2.10. The number of hydrogen-bond acceptors (Lipinski definition) is 3. The number of methoxy groups -OCH3 is 1. The van der Waals surface area contributed by atoms with Crippen molar-refractivity contribution in [3.05, 3.63) is 53.9 Å². The van der Waals surface area contributed by atoms with Crippen LogP contribution in [0.15, 0.2) is 42.6 Å². The van der Waals surface area contributed by atoms with Crippen molar-refractivity contribution in [3.8, 4) is 5.75 Å². The predicted octanol–water partition coefficient (Wildman–Crippen LogP) is 3.38. The molecule has 2 rings (SSSR count). The third-order valence-electron chi connectivity index (χ3n) is 3.94. The minimum atomic E-state index is -0.314. The topological polar surface area (TPSA) is 37.6 Å². The lowest BCUT2D eigenvalue weighted by Gasteiger charge is -2.26. The predicted molar refractivity (Wildman–Crippen MR) is 98.3 cm³/mol. The molecule has 0 spiro atoms. The van der Waals surface area contributed by atoms with Crippen LogP contribution in [0.4, 0.5) is 0 Å². The van der Waals surface area contributed by atoms with Gasteiger partial charge in [0.15, 0.2) is 0 Å². The summed E-state index contributed by atoms with van der Waals surface area (Å²) in [5.41, 5.74) is 2.48. The van der Waals surface area contributed by atoms with E-state index >= 15 is 0 Å². The highest BCUT2D eigenvalue weighted by molar-refractivity contribution is 5.29. The van der Waals surface area contributed by atoms with E-state index in [-0.39, 0.29) is 6.10 Å². The van der Waals surface area contributed by atoms with Crippen LogP contribution in [0.3, 0.4) is 0 Å². The van der Waals surface area contributed by atoms with Crippen LogP contribution in [0.25, 0.3) is 0 Å². The Morgan fingerprint density at radius 3 is 2.58 bits per heavy atom. The molecular formula is C20H30N2O2. The van der Waals surface area contributed by atoms with Crippen LogP contribution in [0.1, 0.15) is 32.0 Å². The van der Waals surface area contributed by atoms with E-state index in [0.717, 1.165) is 25.4 Å². The second kappa shape index (κ2) is 8.90. The average Bonchev–Trinajstić information content (AvgIpc) is 2.93. The summed E-state index contributed by atoms with van der Waals surface area (Å²) in [7, 11) is 1.69. The second-order valence-corrected chi connectivity index (χ2v) is 6.92. The van der Waals surface area contributed by atoms with Gasteiger partial charge in [-0.1, -0.05) is 26.0 Å². The molecule has 1 N–H and O–H groups in total. The highest BCUT2D eigenvalue weighted by Gasteiger charge is 2.13. The molecule has 4 heteroatoms. The Morgan fingerprint density at radius 2 is 1.92 bits per heavy atom. The molecule has 1 aromatic heterocycles. The van der Waals surface area contributed by atoms with Gasteiger partial charge in [0.05, 0.1) is 13.2 Å². The molecule has 0 bridgehead atoms. The molecule has 132 valence electrons. The maximum absolute atomic E-state index is 9.76. The molecule has 0 saturated carbocycles. The fourth-order valence-corrected chi connectivity index (χ4v) is 3.04. The Kier molecular flexibility index (Phi) is 6.88. The van der Waals surface area contributed by atoms with E-state index in [1.807, 2.05) is 19.1 Å². The van der Waals surface area contributed by atoms with Crippen molar-refractivity contribution in [1.29, 1.82) is 0 Å².